The predicted octanol–water partition coefficient (Wildman–Crippen LogP) is 1.00. The van der Waals surface area contributed by atoms with E-state index >= 15 is 0 Å². The van der Waals surface area contributed by atoms with Crippen LogP contribution in [0.4, 0.5) is 0 Å². The first-order valence-corrected chi connectivity index (χ1v) is 8.21. The standard InChI is InChI=1S/C18H27N3O3/c1-14(22)21-9-10-24-18(2,13-21)17(23)19-11-15-7-5-6-8-16(15)12-20(3)4/h5-8H,9-13H2,1-4H3,(H,19,23). The molecule has 2 rings (SSSR count). The third kappa shape index (κ3) is 4.55. The predicted molar refractivity (Wildman–Crippen MR) is 92.3 cm³/mol. The molecule has 1 heterocycles. The molecule has 132 valence electrons. The summed E-state index contributed by atoms with van der Waals surface area (Å²) in [6.07, 6.45) is 0. The van der Waals surface area contributed by atoms with Crippen molar-refractivity contribution in [2.75, 3.05) is 33.8 Å². The number of hydrogen-bond donors (Lipinski definition) is 1. The molecule has 1 aliphatic rings. The van der Waals surface area contributed by atoms with Gasteiger partial charge in [-0.2, -0.15) is 0 Å². The summed E-state index contributed by atoms with van der Waals surface area (Å²) in [6.45, 7) is 5.71. The lowest BCUT2D eigenvalue weighted by Gasteiger charge is -2.38. The number of morpholine rings is 1. The molecule has 0 spiro atoms. The minimum Gasteiger partial charge on any atom is -0.362 e. The summed E-state index contributed by atoms with van der Waals surface area (Å²) in [4.78, 5) is 27.9. The van der Waals surface area contributed by atoms with Crippen molar-refractivity contribution < 1.29 is 14.3 Å². The van der Waals surface area contributed by atoms with Crippen molar-refractivity contribution in [1.29, 1.82) is 0 Å². The number of ether oxygens (including phenoxy) is 1. The molecule has 6 nitrogen and oxygen atoms in total. The first-order chi connectivity index (χ1) is 11.3. The third-order valence-electron chi connectivity index (χ3n) is 4.24. The molecule has 1 aromatic rings. The van der Waals surface area contributed by atoms with Crippen LogP contribution in [0, 0.1) is 0 Å². The second-order valence-corrected chi connectivity index (χ2v) is 6.71. The van der Waals surface area contributed by atoms with Gasteiger partial charge in [-0.05, 0) is 32.1 Å². The Kier molecular flexibility index (Phi) is 5.96. The normalized spacial score (nSPS) is 21.0. The first kappa shape index (κ1) is 18.4. The summed E-state index contributed by atoms with van der Waals surface area (Å²) in [5.74, 6) is -0.221. The van der Waals surface area contributed by atoms with Gasteiger partial charge in [0.25, 0.3) is 5.91 Å². The Hall–Kier alpha value is -1.92. The number of nitrogens with zero attached hydrogens (tertiary/aromatic N) is 2. The lowest BCUT2D eigenvalue weighted by molar-refractivity contribution is -0.162. The van der Waals surface area contributed by atoms with Gasteiger partial charge < -0.3 is 19.9 Å². The Morgan fingerprint density at radius 2 is 1.96 bits per heavy atom. The molecule has 1 saturated heterocycles. The largest absolute Gasteiger partial charge is 0.362 e. The first-order valence-electron chi connectivity index (χ1n) is 8.21. The van der Waals surface area contributed by atoms with Gasteiger partial charge in [-0.1, -0.05) is 24.3 Å². The van der Waals surface area contributed by atoms with Gasteiger partial charge in [0.1, 0.15) is 0 Å². The Labute approximate surface area is 143 Å². The number of benzene rings is 1. The van der Waals surface area contributed by atoms with E-state index in [2.05, 4.69) is 16.3 Å². The van der Waals surface area contributed by atoms with Crippen LogP contribution in [0.25, 0.3) is 0 Å². The Morgan fingerprint density at radius 3 is 2.58 bits per heavy atom. The van der Waals surface area contributed by atoms with Gasteiger partial charge in [-0.15, -0.1) is 0 Å². The SMILES string of the molecule is CC(=O)N1CCOC(C)(C(=O)NCc2ccccc2CN(C)C)C1. The second kappa shape index (κ2) is 7.77. The van der Waals surface area contributed by atoms with Crippen molar-refractivity contribution in [3.05, 3.63) is 35.4 Å². The molecule has 0 radical (unpaired) electrons. The zero-order valence-electron chi connectivity index (χ0n) is 15.0. The number of carbonyl (C=O) groups is 2. The third-order valence-corrected chi connectivity index (χ3v) is 4.24. The van der Waals surface area contributed by atoms with Crippen LogP contribution in [0.2, 0.25) is 0 Å². The maximum Gasteiger partial charge on any atom is 0.254 e. The molecule has 1 fully saturated rings. The molecule has 2 amide bonds. The highest BCUT2D eigenvalue weighted by Gasteiger charge is 2.39. The van der Waals surface area contributed by atoms with E-state index in [1.165, 1.54) is 12.5 Å². The van der Waals surface area contributed by atoms with Crippen LogP contribution in [0.3, 0.4) is 0 Å². The second-order valence-electron chi connectivity index (χ2n) is 6.71. The van der Waals surface area contributed by atoms with Gasteiger partial charge in [-0.3, -0.25) is 9.59 Å². The van der Waals surface area contributed by atoms with Gasteiger partial charge in [0.2, 0.25) is 5.91 Å². The summed E-state index contributed by atoms with van der Waals surface area (Å²) in [5, 5.41) is 2.96. The molecular weight excluding hydrogens is 306 g/mol. The maximum absolute atomic E-state index is 12.6. The smallest absolute Gasteiger partial charge is 0.254 e. The van der Waals surface area contributed by atoms with Crippen molar-refractivity contribution in [1.82, 2.24) is 15.1 Å². The molecule has 0 aromatic heterocycles. The Balaban J connectivity index is 2.01. The van der Waals surface area contributed by atoms with E-state index in [-0.39, 0.29) is 18.4 Å². The van der Waals surface area contributed by atoms with Crippen LogP contribution in [0.5, 0.6) is 0 Å². The molecule has 1 N–H and O–H groups in total. The highest BCUT2D eigenvalue weighted by atomic mass is 16.5. The molecular formula is C18H27N3O3. The van der Waals surface area contributed by atoms with E-state index in [1.807, 2.05) is 32.3 Å². The van der Waals surface area contributed by atoms with Crippen LogP contribution < -0.4 is 5.32 Å². The van der Waals surface area contributed by atoms with Crippen LogP contribution in [0.15, 0.2) is 24.3 Å². The van der Waals surface area contributed by atoms with Gasteiger partial charge in [0.05, 0.1) is 13.2 Å². The maximum atomic E-state index is 12.6. The Morgan fingerprint density at radius 1 is 1.29 bits per heavy atom. The van der Waals surface area contributed by atoms with Gasteiger partial charge in [0, 0.05) is 26.6 Å². The quantitative estimate of drug-likeness (QED) is 0.873. The minimum atomic E-state index is -1.000. The van der Waals surface area contributed by atoms with E-state index in [9.17, 15) is 9.59 Å². The molecule has 24 heavy (non-hydrogen) atoms. The zero-order chi connectivity index (χ0) is 17.7. The fourth-order valence-corrected chi connectivity index (χ4v) is 2.86. The van der Waals surface area contributed by atoms with Crippen molar-refractivity contribution in [2.45, 2.75) is 32.5 Å². The van der Waals surface area contributed by atoms with E-state index in [0.29, 0.717) is 19.7 Å². The topological polar surface area (TPSA) is 61.9 Å². The summed E-state index contributed by atoms with van der Waals surface area (Å²) < 4.78 is 5.68. The fraction of sp³-hybridized carbons (Fsp3) is 0.556. The van der Waals surface area contributed by atoms with Crippen LogP contribution >= 0.6 is 0 Å². The number of rotatable bonds is 5. The lowest BCUT2D eigenvalue weighted by Crippen LogP contribution is -2.58. The molecule has 1 aromatic carbocycles. The van der Waals surface area contributed by atoms with Gasteiger partial charge >= 0.3 is 0 Å². The molecule has 6 heteroatoms. The highest BCUT2D eigenvalue weighted by molar-refractivity contribution is 5.86. The molecule has 1 aliphatic heterocycles. The van der Waals surface area contributed by atoms with Crippen molar-refractivity contribution in [3.8, 4) is 0 Å². The van der Waals surface area contributed by atoms with Crippen molar-refractivity contribution >= 4 is 11.8 Å². The van der Waals surface area contributed by atoms with Crippen molar-refractivity contribution in [3.63, 3.8) is 0 Å². The monoisotopic (exact) mass is 333 g/mol. The van der Waals surface area contributed by atoms with Gasteiger partial charge in [-0.25, -0.2) is 0 Å². The number of carbonyl (C=O) groups excluding carboxylic acids is 2. The number of hydrogen-bond acceptors (Lipinski definition) is 4. The van der Waals surface area contributed by atoms with E-state index in [1.54, 1.807) is 11.8 Å². The molecule has 0 aliphatic carbocycles. The van der Waals surface area contributed by atoms with Crippen LogP contribution in [-0.2, 0) is 27.4 Å². The minimum absolute atomic E-state index is 0.0337. The van der Waals surface area contributed by atoms with Crippen molar-refractivity contribution in [2.24, 2.45) is 0 Å². The zero-order valence-corrected chi connectivity index (χ0v) is 15.0. The van der Waals surface area contributed by atoms with Gasteiger partial charge in [0.15, 0.2) is 5.60 Å². The average Bonchev–Trinajstić information content (AvgIpc) is 2.53. The molecule has 0 saturated carbocycles. The Bertz CT molecular complexity index is 603. The lowest BCUT2D eigenvalue weighted by atomic mass is 10.0. The number of nitrogens with one attached hydrogen (secondary N) is 1. The van der Waals surface area contributed by atoms with Crippen LogP contribution in [0.1, 0.15) is 25.0 Å². The summed E-state index contributed by atoms with van der Waals surface area (Å²) in [5.41, 5.74) is 1.27. The summed E-state index contributed by atoms with van der Waals surface area (Å²) in [7, 11) is 4.03. The average molecular weight is 333 g/mol. The van der Waals surface area contributed by atoms with E-state index in [4.69, 9.17) is 4.74 Å². The van der Waals surface area contributed by atoms with E-state index in [0.717, 1.165) is 12.1 Å². The molecule has 0 bridgehead atoms. The summed E-state index contributed by atoms with van der Waals surface area (Å²) >= 11 is 0. The number of amides is 2. The summed E-state index contributed by atoms with van der Waals surface area (Å²) in [6, 6.07) is 8.06. The van der Waals surface area contributed by atoms with E-state index < -0.39 is 5.60 Å². The highest BCUT2D eigenvalue weighted by Crippen LogP contribution is 2.19. The molecule has 1 unspecified atom stereocenters. The fourth-order valence-electron chi connectivity index (χ4n) is 2.86. The molecule has 1 atom stereocenters. The van der Waals surface area contributed by atoms with Crippen LogP contribution in [-0.4, -0.2) is 61.0 Å².